The predicted molar refractivity (Wildman–Crippen MR) is 48.1 cm³/mol. The molecule has 1 aromatic rings. The van der Waals surface area contributed by atoms with E-state index >= 15 is 0 Å². The fraction of sp³-hybridized carbons (Fsp3) is 0.667. The van der Waals surface area contributed by atoms with Crippen LogP contribution in [0.5, 0.6) is 0 Å². The lowest BCUT2D eigenvalue weighted by Crippen LogP contribution is -2.18. The largest absolute Gasteiger partial charge is 0.374 e. The maximum absolute atomic E-state index is 5.74. The second-order valence-corrected chi connectivity index (χ2v) is 4.24. The zero-order valence-corrected chi connectivity index (χ0v) is 8.04. The fourth-order valence-corrected chi connectivity index (χ4v) is 1.48. The normalized spacial score (nSPS) is 11.9. The Morgan fingerprint density at radius 1 is 1.55 bits per heavy atom. The lowest BCUT2D eigenvalue weighted by atomic mass is 9.98. The van der Waals surface area contributed by atoms with Crippen LogP contribution in [0.15, 0.2) is 0 Å². The van der Waals surface area contributed by atoms with E-state index in [4.69, 9.17) is 17.3 Å². The smallest absolute Gasteiger partial charge is 0.203 e. The molecule has 11 heavy (non-hydrogen) atoms. The maximum atomic E-state index is 5.74. The third-order valence-corrected chi connectivity index (χ3v) is 3.14. The van der Waals surface area contributed by atoms with Gasteiger partial charge in [-0.05, 0) is 0 Å². The third kappa shape index (κ3) is 1.81. The SMILES string of the molecule is CC(C)(CCl)c1nnc(N)s1. The maximum Gasteiger partial charge on any atom is 0.203 e. The first-order chi connectivity index (χ1) is 5.06. The van der Waals surface area contributed by atoms with Gasteiger partial charge in [-0.2, -0.15) is 0 Å². The first-order valence-electron chi connectivity index (χ1n) is 3.21. The second-order valence-electron chi connectivity index (χ2n) is 2.96. The van der Waals surface area contributed by atoms with Crippen molar-refractivity contribution in [1.29, 1.82) is 0 Å². The molecular weight excluding hydrogens is 182 g/mol. The van der Waals surface area contributed by atoms with Gasteiger partial charge in [0.2, 0.25) is 5.13 Å². The van der Waals surface area contributed by atoms with Crippen LogP contribution >= 0.6 is 22.9 Å². The zero-order valence-electron chi connectivity index (χ0n) is 6.47. The summed E-state index contributed by atoms with van der Waals surface area (Å²) < 4.78 is 0. The molecule has 0 saturated carbocycles. The van der Waals surface area contributed by atoms with Crippen molar-refractivity contribution in [3.05, 3.63) is 5.01 Å². The highest BCUT2D eigenvalue weighted by Gasteiger charge is 2.23. The van der Waals surface area contributed by atoms with E-state index in [-0.39, 0.29) is 5.41 Å². The number of anilines is 1. The van der Waals surface area contributed by atoms with Gasteiger partial charge in [0.05, 0.1) is 0 Å². The van der Waals surface area contributed by atoms with E-state index < -0.39 is 0 Å². The third-order valence-electron chi connectivity index (χ3n) is 1.35. The lowest BCUT2D eigenvalue weighted by molar-refractivity contribution is 0.585. The van der Waals surface area contributed by atoms with Gasteiger partial charge in [0, 0.05) is 11.3 Å². The molecule has 0 spiro atoms. The van der Waals surface area contributed by atoms with E-state index in [0.717, 1.165) is 5.01 Å². The predicted octanol–water partition coefficient (Wildman–Crippen LogP) is 1.64. The molecular formula is C6H10ClN3S. The molecule has 3 nitrogen and oxygen atoms in total. The molecule has 0 atom stereocenters. The number of rotatable bonds is 2. The van der Waals surface area contributed by atoms with Crippen molar-refractivity contribution in [3.8, 4) is 0 Å². The van der Waals surface area contributed by atoms with Crippen LogP contribution in [0.3, 0.4) is 0 Å². The molecule has 62 valence electrons. The molecule has 0 bridgehead atoms. The van der Waals surface area contributed by atoms with Gasteiger partial charge >= 0.3 is 0 Å². The van der Waals surface area contributed by atoms with Crippen LogP contribution in [0.1, 0.15) is 18.9 Å². The summed E-state index contributed by atoms with van der Waals surface area (Å²) in [7, 11) is 0. The Bertz CT molecular complexity index is 246. The average Bonchev–Trinajstić information content (AvgIpc) is 2.36. The van der Waals surface area contributed by atoms with Gasteiger partial charge in [-0.1, -0.05) is 25.2 Å². The number of aromatic nitrogens is 2. The van der Waals surface area contributed by atoms with Gasteiger partial charge < -0.3 is 5.73 Å². The quantitative estimate of drug-likeness (QED) is 0.724. The first-order valence-corrected chi connectivity index (χ1v) is 4.57. The van der Waals surface area contributed by atoms with Crippen LogP contribution < -0.4 is 5.73 Å². The monoisotopic (exact) mass is 191 g/mol. The van der Waals surface area contributed by atoms with E-state index in [9.17, 15) is 0 Å². The van der Waals surface area contributed by atoms with Crippen molar-refractivity contribution in [1.82, 2.24) is 10.2 Å². The molecule has 0 unspecified atom stereocenters. The van der Waals surface area contributed by atoms with Gasteiger partial charge in [-0.25, -0.2) is 0 Å². The van der Waals surface area contributed by atoms with E-state index in [0.29, 0.717) is 11.0 Å². The molecule has 0 radical (unpaired) electrons. The molecule has 5 heteroatoms. The van der Waals surface area contributed by atoms with Crippen LogP contribution in [0.4, 0.5) is 5.13 Å². The number of nitrogens with two attached hydrogens (primary N) is 1. The Labute approximate surface area is 74.6 Å². The minimum absolute atomic E-state index is 0.114. The van der Waals surface area contributed by atoms with E-state index in [2.05, 4.69) is 10.2 Å². The summed E-state index contributed by atoms with van der Waals surface area (Å²) in [6.45, 7) is 4.03. The molecule has 1 rings (SSSR count). The molecule has 2 N–H and O–H groups in total. The van der Waals surface area contributed by atoms with Gasteiger partial charge in [0.1, 0.15) is 5.01 Å². The molecule has 0 aliphatic carbocycles. The summed E-state index contributed by atoms with van der Waals surface area (Å²) in [5.74, 6) is 0.529. The van der Waals surface area contributed by atoms with Gasteiger partial charge in [-0.15, -0.1) is 21.8 Å². The Morgan fingerprint density at radius 3 is 2.55 bits per heavy atom. The van der Waals surface area contributed by atoms with Crippen LogP contribution in [-0.2, 0) is 5.41 Å². The minimum Gasteiger partial charge on any atom is -0.374 e. The van der Waals surface area contributed by atoms with Crippen LogP contribution in [0.25, 0.3) is 0 Å². The second kappa shape index (κ2) is 2.95. The van der Waals surface area contributed by atoms with Gasteiger partial charge in [-0.3, -0.25) is 0 Å². The van der Waals surface area contributed by atoms with Crippen molar-refractivity contribution in [3.63, 3.8) is 0 Å². The van der Waals surface area contributed by atoms with Crippen LogP contribution in [-0.4, -0.2) is 16.1 Å². The molecule has 0 amide bonds. The summed E-state index contributed by atoms with van der Waals surface area (Å²) in [5.41, 5.74) is 5.32. The molecule has 0 aliphatic rings. The highest BCUT2D eigenvalue weighted by atomic mass is 35.5. The summed E-state index contributed by atoms with van der Waals surface area (Å²) in [4.78, 5) is 0. The highest BCUT2D eigenvalue weighted by molar-refractivity contribution is 7.15. The number of nitrogen functional groups attached to an aromatic ring is 1. The van der Waals surface area contributed by atoms with Crippen LogP contribution in [0, 0.1) is 0 Å². The molecule has 0 fully saturated rings. The Balaban J connectivity index is 2.92. The molecule has 0 aliphatic heterocycles. The van der Waals surface area contributed by atoms with Crippen molar-refractivity contribution >= 4 is 28.1 Å². The summed E-state index contributed by atoms with van der Waals surface area (Å²) in [6, 6.07) is 0. The fourth-order valence-electron chi connectivity index (χ4n) is 0.565. The van der Waals surface area contributed by atoms with Gasteiger partial charge in [0.25, 0.3) is 0 Å². The number of halogens is 1. The van der Waals surface area contributed by atoms with Crippen molar-refractivity contribution < 1.29 is 0 Å². The zero-order chi connectivity index (χ0) is 8.48. The summed E-state index contributed by atoms with van der Waals surface area (Å²) >= 11 is 7.13. The average molecular weight is 192 g/mol. The highest BCUT2D eigenvalue weighted by Crippen LogP contribution is 2.27. The Hall–Kier alpha value is -0.350. The van der Waals surface area contributed by atoms with Crippen molar-refractivity contribution in [2.75, 3.05) is 11.6 Å². The van der Waals surface area contributed by atoms with Gasteiger partial charge in [0.15, 0.2) is 0 Å². The standard InChI is InChI=1S/C6H10ClN3S/c1-6(2,3-7)4-9-10-5(8)11-4/h3H2,1-2H3,(H2,8,10). The molecule has 0 aromatic carbocycles. The Kier molecular flexibility index (Phi) is 2.34. The van der Waals surface area contributed by atoms with E-state index in [1.165, 1.54) is 11.3 Å². The molecule has 0 saturated heterocycles. The topological polar surface area (TPSA) is 51.8 Å². The number of nitrogens with zero attached hydrogens (tertiary/aromatic N) is 2. The lowest BCUT2D eigenvalue weighted by Gasteiger charge is -2.15. The van der Waals surface area contributed by atoms with Crippen molar-refractivity contribution in [2.24, 2.45) is 0 Å². The van der Waals surface area contributed by atoms with Crippen molar-refractivity contribution in [2.45, 2.75) is 19.3 Å². The number of hydrogen-bond acceptors (Lipinski definition) is 4. The van der Waals surface area contributed by atoms with E-state index in [1.54, 1.807) is 0 Å². The summed E-state index contributed by atoms with van der Waals surface area (Å²) in [6.07, 6.45) is 0. The number of alkyl halides is 1. The van der Waals surface area contributed by atoms with E-state index in [1.807, 2.05) is 13.8 Å². The summed E-state index contributed by atoms with van der Waals surface area (Å²) in [5, 5.41) is 9.03. The number of hydrogen-bond donors (Lipinski definition) is 1. The molecule has 1 aromatic heterocycles. The Morgan fingerprint density at radius 2 is 2.18 bits per heavy atom. The minimum atomic E-state index is -0.114. The molecule has 1 heterocycles. The first kappa shape index (κ1) is 8.74. The van der Waals surface area contributed by atoms with Crippen LogP contribution in [0.2, 0.25) is 0 Å².